The highest BCUT2D eigenvalue weighted by molar-refractivity contribution is 5.76. The van der Waals surface area contributed by atoms with Gasteiger partial charge in [0.25, 0.3) is 0 Å². The van der Waals surface area contributed by atoms with Crippen molar-refractivity contribution < 1.29 is 18.5 Å². The number of anilines is 1. The molecule has 0 bridgehead atoms. The molecule has 0 atom stereocenters. The summed E-state index contributed by atoms with van der Waals surface area (Å²) in [4.78, 5) is 21.0. The van der Waals surface area contributed by atoms with E-state index in [0.29, 0.717) is 43.4 Å². The average molecular weight is 382 g/mol. The maximum Gasteiger partial charge on any atom is 0.238 e. The van der Waals surface area contributed by atoms with Gasteiger partial charge in [-0.05, 0) is 36.4 Å². The fourth-order valence-corrected chi connectivity index (χ4v) is 3.24. The lowest BCUT2D eigenvalue weighted by Gasteiger charge is -2.36. The smallest absolute Gasteiger partial charge is 0.238 e. The molecular weight excluding hydrogens is 360 g/mol. The van der Waals surface area contributed by atoms with Gasteiger partial charge in [0.05, 0.1) is 13.4 Å². The van der Waals surface area contributed by atoms with Crippen molar-refractivity contribution in [2.45, 2.75) is 12.8 Å². The maximum absolute atomic E-state index is 12.5. The Morgan fingerprint density at radius 1 is 1.14 bits per heavy atom. The highest BCUT2D eigenvalue weighted by atomic mass is 16.5. The minimum Gasteiger partial charge on any atom is -0.497 e. The first-order chi connectivity index (χ1) is 13.7. The van der Waals surface area contributed by atoms with Gasteiger partial charge >= 0.3 is 0 Å². The summed E-state index contributed by atoms with van der Waals surface area (Å²) in [6.45, 7) is 3.02. The Labute approximate surface area is 162 Å². The van der Waals surface area contributed by atoms with Crippen molar-refractivity contribution in [2.24, 2.45) is 0 Å². The lowest BCUT2D eigenvalue weighted by atomic mass is 10.2. The van der Waals surface area contributed by atoms with Crippen molar-refractivity contribution in [3.05, 3.63) is 48.6 Å². The zero-order valence-corrected chi connectivity index (χ0v) is 15.7. The van der Waals surface area contributed by atoms with E-state index in [0.717, 1.165) is 24.5 Å². The Balaban J connectivity index is 1.26. The fourth-order valence-electron chi connectivity index (χ4n) is 3.24. The van der Waals surface area contributed by atoms with Crippen molar-refractivity contribution in [3.8, 4) is 17.3 Å². The van der Waals surface area contributed by atoms with Crippen LogP contribution in [0.5, 0.6) is 5.75 Å². The zero-order chi connectivity index (χ0) is 19.3. The average Bonchev–Trinajstić information content (AvgIpc) is 3.44. The molecule has 28 heavy (non-hydrogen) atoms. The number of aryl methyl sites for hydroxylation is 1. The number of hydrogen-bond acceptors (Lipinski definition) is 7. The number of amides is 1. The largest absolute Gasteiger partial charge is 0.497 e. The topological polar surface area (TPSA) is 84.8 Å². The van der Waals surface area contributed by atoms with Gasteiger partial charge in [0, 0.05) is 44.7 Å². The minimum atomic E-state index is 0.104. The Morgan fingerprint density at radius 2 is 1.93 bits per heavy atom. The van der Waals surface area contributed by atoms with Gasteiger partial charge in [-0.2, -0.15) is 4.98 Å². The van der Waals surface area contributed by atoms with Crippen LogP contribution in [0.4, 0.5) is 5.69 Å². The predicted octanol–water partition coefficient (Wildman–Crippen LogP) is 2.62. The lowest BCUT2D eigenvalue weighted by molar-refractivity contribution is -0.131. The van der Waals surface area contributed by atoms with Crippen molar-refractivity contribution >= 4 is 11.6 Å². The molecule has 3 heterocycles. The predicted molar refractivity (Wildman–Crippen MR) is 102 cm³/mol. The number of benzene rings is 1. The minimum absolute atomic E-state index is 0.104. The van der Waals surface area contributed by atoms with E-state index in [1.165, 1.54) is 0 Å². The molecule has 2 aromatic heterocycles. The van der Waals surface area contributed by atoms with Gasteiger partial charge in [0.1, 0.15) is 5.75 Å². The van der Waals surface area contributed by atoms with Crippen molar-refractivity contribution in [1.29, 1.82) is 0 Å². The van der Waals surface area contributed by atoms with Crippen molar-refractivity contribution in [2.75, 3.05) is 38.2 Å². The van der Waals surface area contributed by atoms with Crippen LogP contribution in [0.2, 0.25) is 0 Å². The summed E-state index contributed by atoms with van der Waals surface area (Å²) in [5.74, 6) is 2.34. The normalized spacial score (nSPS) is 14.3. The first-order valence-electron chi connectivity index (χ1n) is 9.26. The molecule has 0 spiro atoms. The number of nitrogens with zero attached hydrogens (tertiary/aromatic N) is 4. The number of carbonyl (C=O) groups is 1. The monoisotopic (exact) mass is 382 g/mol. The van der Waals surface area contributed by atoms with Crippen LogP contribution in [0.15, 0.2) is 51.6 Å². The van der Waals surface area contributed by atoms with E-state index in [4.69, 9.17) is 13.7 Å². The third kappa shape index (κ3) is 4.00. The molecule has 1 amide bonds. The standard InChI is InChI=1S/C20H22N4O4/c1-26-16-6-4-15(5-7-16)23-10-12-24(13-11-23)19(25)9-8-18-21-20(22-28-18)17-3-2-14-27-17/h2-7,14H,8-13H2,1H3. The molecule has 0 radical (unpaired) electrons. The molecule has 4 rings (SSSR count). The summed E-state index contributed by atoms with van der Waals surface area (Å²) < 4.78 is 15.6. The second-order valence-corrected chi connectivity index (χ2v) is 6.55. The molecule has 0 saturated carbocycles. The second-order valence-electron chi connectivity index (χ2n) is 6.55. The molecule has 0 N–H and O–H groups in total. The summed E-state index contributed by atoms with van der Waals surface area (Å²) in [6.07, 6.45) is 2.33. The van der Waals surface area contributed by atoms with Gasteiger partial charge in [0.15, 0.2) is 5.76 Å². The molecule has 8 heteroatoms. The maximum atomic E-state index is 12.5. The molecule has 1 aromatic carbocycles. The summed E-state index contributed by atoms with van der Waals surface area (Å²) in [5, 5.41) is 3.88. The van der Waals surface area contributed by atoms with Crippen LogP contribution in [0, 0.1) is 0 Å². The highest BCUT2D eigenvalue weighted by Gasteiger charge is 2.22. The molecule has 8 nitrogen and oxygen atoms in total. The number of ether oxygens (including phenoxy) is 1. The van der Waals surface area contributed by atoms with Gasteiger partial charge < -0.3 is 23.5 Å². The summed E-state index contributed by atoms with van der Waals surface area (Å²) in [7, 11) is 1.66. The molecule has 3 aromatic rings. The van der Waals surface area contributed by atoms with Gasteiger partial charge in [-0.1, -0.05) is 5.16 Å². The fraction of sp³-hybridized carbons (Fsp3) is 0.350. The van der Waals surface area contributed by atoms with Gasteiger partial charge in [-0.3, -0.25) is 4.79 Å². The van der Waals surface area contributed by atoms with Gasteiger partial charge in [0.2, 0.25) is 17.6 Å². The summed E-state index contributed by atoms with van der Waals surface area (Å²) >= 11 is 0. The van der Waals surface area contributed by atoms with Crippen LogP contribution in [0.25, 0.3) is 11.6 Å². The Morgan fingerprint density at radius 3 is 2.61 bits per heavy atom. The zero-order valence-electron chi connectivity index (χ0n) is 15.7. The molecule has 0 aliphatic carbocycles. The van der Waals surface area contributed by atoms with E-state index in [-0.39, 0.29) is 5.91 Å². The highest BCUT2D eigenvalue weighted by Crippen LogP contribution is 2.21. The Bertz CT molecular complexity index is 897. The number of furan rings is 1. The van der Waals surface area contributed by atoms with E-state index >= 15 is 0 Å². The van der Waals surface area contributed by atoms with Crippen LogP contribution < -0.4 is 9.64 Å². The number of methoxy groups -OCH3 is 1. The van der Waals surface area contributed by atoms with Crippen LogP contribution in [0.1, 0.15) is 12.3 Å². The summed E-state index contributed by atoms with van der Waals surface area (Å²) in [5.41, 5.74) is 1.14. The van der Waals surface area contributed by atoms with E-state index < -0.39 is 0 Å². The third-order valence-corrected chi connectivity index (χ3v) is 4.83. The Hall–Kier alpha value is -3.29. The third-order valence-electron chi connectivity index (χ3n) is 4.83. The summed E-state index contributed by atoms with van der Waals surface area (Å²) in [6, 6.07) is 11.5. The molecular formula is C20H22N4O4. The van der Waals surface area contributed by atoms with E-state index in [1.54, 1.807) is 25.5 Å². The van der Waals surface area contributed by atoms with Crippen molar-refractivity contribution in [1.82, 2.24) is 15.0 Å². The van der Waals surface area contributed by atoms with Crippen molar-refractivity contribution in [3.63, 3.8) is 0 Å². The molecule has 1 aliphatic rings. The molecule has 146 valence electrons. The molecule has 1 fully saturated rings. The first kappa shape index (κ1) is 18.1. The van der Waals surface area contributed by atoms with Crippen LogP contribution in [-0.2, 0) is 11.2 Å². The lowest BCUT2D eigenvalue weighted by Crippen LogP contribution is -2.48. The van der Waals surface area contributed by atoms with E-state index in [1.807, 2.05) is 29.2 Å². The van der Waals surface area contributed by atoms with Gasteiger partial charge in [-0.25, -0.2) is 0 Å². The number of piperazine rings is 1. The number of aromatic nitrogens is 2. The number of hydrogen-bond donors (Lipinski definition) is 0. The SMILES string of the molecule is COc1ccc(N2CCN(C(=O)CCc3nc(-c4ccco4)no3)CC2)cc1. The Kier molecular flexibility index (Phi) is 5.27. The van der Waals surface area contributed by atoms with Crippen LogP contribution >= 0.6 is 0 Å². The van der Waals surface area contributed by atoms with Crippen LogP contribution in [0.3, 0.4) is 0 Å². The van der Waals surface area contributed by atoms with Gasteiger partial charge in [-0.15, -0.1) is 0 Å². The first-order valence-corrected chi connectivity index (χ1v) is 9.26. The number of carbonyl (C=O) groups excluding carboxylic acids is 1. The van der Waals surface area contributed by atoms with E-state index in [9.17, 15) is 4.79 Å². The van der Waals surface area contributed by atoms with Crippen LogP contribution in [-0.4, -0.2) is 54.2 Å². The number of rotatable bonds is 6. The quantitative estimate of drug-likeness (QED) is 0.648. The molecule has 1 aliphatic heterocycles. The van der Waals surface area contributed by atoms with E-state index in [2.05, 4.69) is 15.0 Å². The second kappa shape index (κ2) is 8.16. The molecule has 0 unspecified atom stereocenters. The molecule has 1 saturated heterocycles.